The van der Waals surface area contributed by atoms with Crippen LogP contribution >= 0.6 is 0 Å². The van der Waals surface area contributed by atoms with Gasteiger partial charge in [-0.2, -0.15) is 0 Å². The van der Waals surface area contributed by atoms with Crippen LogP contribution in [-0.4, -0.2) is 36.7 Å². The van der Waals surface area contributed by atoms with E-state index in [-0.39, 0.29) is 29.7 Å². The molecule has 0 bridgehead atoms. The van der Waals surface area contributed by atoms with E-state index in [0.29, 0.717) is 6.61 Å². The van der Waals surface area contributed by atoms with Crippen molar-refractivity contribution in [2.24, 2.45) is 0 Å². The lowest BCUT2D eigenvalue weighted by atomic mass is 10.2. The molecule has 1 aliphatic heterocycles. The molecule has 1 atom stereocenters. The number of urea groups is 1. The maximum Gasteiger partial charge on any atom is 0.425 e. The topological polar surface area (TPSA) is 55.4 Å². The lowest BCUT2D eigenvalue weighted by molar-refractivity contribution is -0.838. The second-order valence-electron chi connectivity index (χ2n) is 4.37. The number of benzene rings is 1. The van der Waals surface area contributed by atoms with Crippen LogP contribution in [0.15, 0.2) is 30.3 Å². The van der Waals surface area contributed by atoms with Gasteiger partial charge in [0.1, 0.15) is 0 Å². The molecule has 5 heteroatoms. The summed E-state index contributed by atoms with van der Waals surface area (Å²) in [7, 11) is 1.69. The van der Waals surface area contributed by atoms with Gasteiger partial charge in [0.15, 0.2) is 13.3 Å². The molecule has 0 spiro atoms. The molecule has 3 amide bonds. The van der Waals surface area contributed by atoms with Gasteiger partial charge >= 0.3 is 6.03 Å². The Balaban J connectivity index is 1.87. The molecule has 0 aliphatic carbocycles. The van der Waals surface area contributed by atoms with E-state index < -0.39 is 0 Å². The number of imide groups is 1. The highest BCUT2D eigenvalue weighted by Gasteiger charge is 2.42. The number of carbonyl (C=O) groups is 2. The van der Waals surface area contributed by atoms with Crippen molar-refractivity contribution < 1.29 is 18.8 Å². The lowest BCUT2D eigenvalue weighted by Gasteiger charge is -2.22. The highest BCUT2D eigenvalue weighted by Crippen LogP contribution is 2.10. The molecule has 1 aliphatic rings. The second-order valence-corrected chi connectivity index (χ2v) is 4.37. The molecule has 1 aromatic rings. The van der Waals surface area contributed by atoms with Crippen LogP contribution in [0, 0.1) is 0 Å². The molecule has 2 rings (SSSR count). The lowest BCUT2D eigenvalue weighted by Crippen LogP contribution is -2.48. The molecule has 90 valence electrons. The second kappa shape index (κ2) is 4.65. The normalized spacial score (nSPS) is 23.8. The van der Waals surface area contributed by atoms with Gasteiger partial charge < -0.3 is 4.74 Å². The Labute approximate surface area is 99.6 Å². The molecular weight excluding hydrogens is 220 g/mol. The van der Waals surface area contributed by atoms with Crippen molar-refractivity contribution in [2.75, 3.05) is 20.3 Å². The fourth-order valence-corrected chi connectivity index (χ4v) is 1.73. The van der Waals surface area contributed by atoms with Crippen molar-refractivity contribution in [3.8, 4) is 0 Å². The molecule has 1 fully saturated rings. The Morgan fingerprint density at radius 1 is 1.29 bits per heavy atom. The summed E-state index contributed by atoms with van der Waals surface area (Å²) >= 11 is 0. The van der Waals surface area contributed by atoms with E-state index in [1.54, 1.807) is 7.05 Å². The summed E-state index contributed by atoms with van der Waals surface area (Å²) in [5.41, 5.74) is 1.05. The fourth-order valence-electron chi connectivity index (χ4n) is 1.73. The SMILES string of the molecule is C[N+]1(COCc2ccccc2)CC(=O)NC1=O. The molecule has 1 saturated heterocycles. The summed E-state index contributed by atoms with van der Waals surface area (Å²) in [6, 6.07) is 9.40. The molecule has 1 N–H and O–H groups in total. The zero-order valence-corrected chi connectivity index (χ0v) is 9.68. The van der Waals surface area contributed by atoms with Crippen LogP contribution in [0.4, 0.5) is 4.79 Å². The van der Waals surface area contributed by atoms with Gasteiger partial charge in [0.05, 0.1) is 13.7 Å². The van der Waals surface area contributed by atoms with Crippen LogP contribution in [0.1, 0.15) is 5.56 Å². The summed E-state index contributed by atoms with van der Waals surface area (Å²) < 4.78 is 5.45. The van der Waals surface area contributed by atoms with Gasteiger partial charge in [-0.15, -0.1) is 0 Å². The van der Waals surface area contributed by atoms with Crippen LogP contribution in [0.2, 0.25) is 0 Å². The summed E-state index contributed by atoms with van der Waals surface area (Å²) in [6.07, 6.45) is 0. The average molecular weight is 235 g/mol. The zero-order valence-electron chi connectivity index (χ0n) is 9.68. The van der Waals surface area contributed by atoms with E-state index in [1.807, 2.05) is 30.3 Å². The first kappa shape index (κ1) is 11.8. The third-order valence-corrected chi connectivity index (χ3v) is 2.72. The Morgan fingerprint density at radius 3 is 2.59 bits per heavy atom. The standard InChI is InChI=1S/C12H14N2O3/c1-14(7-11(15)13-12(14)16)9-17-8-10-5-3-2-4-6-10/h2-6H,7-9H2,1H3/p+1. The van der Waals surface area contributed by atoms with E-state index in [4.69, 9.17) is 4.74 Å². The third kappa shape index (κ3) is 2.69. The van der Waals surface area contributed by atoms with Crippen molar-refractivity contribution in [1.82, 2.24) is 5.32 Å². The van der Waals surface area contributed by atoms with Gasteiger partial charge in [-0.05, 0) is 5.56 Å². The number of hydrogen-bond acceptors (Lipinski definition) is 3. The van der Waals surface area contributed by atoms with Gasteiger partial charge in [-0.3, -0.25) is 4.79 Å². The molecule has 1 unspecified atom stereocenters. The van der Waals surface area contributed by atoms with Crippen LogP contribution in [-0.2, 0) is 16.1 Å². The maximum absolute atomic E-state index is 11.5. The third-order valence-electron chi connectivity index (χ3n) is 2.72. The number of nitrogens with one attached hydrogen (secondary N) is 1. The van der Waals surface area contributed by atoms with Crippen molar-refractivity contribution in [3.63, 3.8) is 0 Å². The summed E-state index contributed by atoms with van der Waals surface area (Å²) in [5, 5.41) is 2.27. The minimum Gasteiger partial charge on any atom is -0.326 e. The number of quaternary nitrogens is 1. The Kier molecular flexibility index (Phi) is 3.21. The highest BCUT2D eigenvalue weighted by atomic mass is 16.5. The van der Waals surface area contributed by atoms with Gasteiger partial charge in [0.2, 0.25) is 0 Å². The molecule has 5 nitrogen and oxygen atoms in total. The van der Waals surface area contributed by atoms with E-state index in [2.05, 4.69) is 5.32 Å². The Bertz CT molecular complexity index is 433. The van der Waals surface area contributed by atoms with Gasteiger partial charge in [0.25, 0.3) is 5.91 Å². The van der Waals surface area contributed by atoms with Crippen molar-refractivity contribution in [3.05, 3.63) is 35.9 Å². The van der Waals surface area contributed by atoms with Crippen LogP contribution in [0.25, 0.3) is 0 Å². The average Bonchev–Trinajstić information content (AvgIpc) is 2.54. The summed E-state index contributed by atoms with van der Waals surface area (Å²) in [6.45, 7) is 0.788. The van der Waals surface area contributed by atoms with Crippen LogP contribution < -0.4 is 5.32 Å². The molecule has 0 aromatic heterocycles. The number of likely N-dealkylation sites (N-methyl/N-ethyl adjacent to an activating group) is 1. The molecular formula is C12H15N2O3+. The number of nitrogens with zero attached hydrogens (tertiary/aromatic N) is 1. The highest BCUT2D eigenvalue weighted by molar-refractivity contribution is 5.97. The van der Waals surface area contributed by atoms with Gasteiger partial charge in [-0.25, -0.2) is 14.6 Å². The quantitative estimate of drug-likeness (QED) is 0.622. The molecule has 1 aromatic carbocycles. The summed E-state index contributed by atoms with van der Waals surface area (Å²) in [5.74, 6) is -0.249. The zero-order chi connectivity index (χ0) is 12.3. The molecule has 17 heavy (non-hydrogen) atoms. The van der Waals surface area contributed by atoms with E-state index in [9.17, 15) is 9.59 Å². The van der Waals surface area contributed by atoms with E-state index in [1.165, 1.54) is 0 Å². The van der Waals surface area contributed by atoms with Crippen LogP contribution in [0.3, 0.4) is 0 Å². The maximum atomic E-state index is 11.5. The van der Waals surface area contributed by atoms with Crippen molar-refractivity contribution in [2.45, 2.75) is 6.61 Å². The number of carbonyl (C=O) groups excluding carboxylic acids is 2. The van der Waals surface area contributed by atoms with Crippen molar-refractivity contribution >= 4 is 11.9 Å². The van der Waals surface area contributed by atoms with E-state index >= 15 is 0 Å². The number of rotatable bonds is 4. The van der Waals surface area contributed by atoms with Gasteiger partial charge in [-0.1, -0.05) is 30.3 Å². The number of ether oxygens (including phenoxy) is 1. The Hall–Kier alpha value is -1.72. The first-order valence-corrected chi connectivity index (χ1v) is 5.41. The molecule has 0 radical (unpaired) electrons. The summed E-state index contributed by atoms with van der Waals surface area (Å²) in [4.78, 5) is 22.6. The predicted molar refractivity (Wildman–Crippen MR) is 60.7 cm³/mol. The number of hydrogen-bond donors (Lipinski definition) is 1. The fraction of sp³-hybridized carbons (Fsp3) is 0.333. The monoisotopic (exact) mass is 235 g/mol. The first-order chi connectivity index (χ1) is 8.10. The first-order valence-electron chi connectivity index (χ1n) is 5.41. The number of amides is 3. The molecule has 0 saturated carbocycles. The predicted octanol–water partition coefficient (Wildman–Crippen LogP) is 0.857. The smallest absolute Gasteiger partial charge is 0.326 e. The molecule has 1 heterocycles. The minimum absolute atomic E-state index is 0.0360. The van der Waals surface area contributed by atoms with Crippen LogP contribution in [0.5, 0.6) is 0 Å². The van der Waals surface area contributed by atoms with E-state index in [0.717, 1.165) is 5.56 Å². The Morgan fingerprint density at radius 2 is 2.00 bits per heavy atom. The van der Waals surface area contributed by atoms with Gasteiger partial charge in [0, 0.05) is 0 Å². The largest absolute Gasteiger partial charge is 0.425 e. The van der Waals surface area contributed by atoms with Crippen molar-refractivity contribution in [1.29, 1.82) is 0 Å². The minimum atomic E-state index is -0.303.